The first-order chi connectivity index (χ1) is 10.5. The highest BCUT2D eigenvalue weighted by atomic mass is 32.2. The van der Waals surface area contributed by atoms with Crippen LogP contribution in [0.5, 0.6) is 0 Å². The molecule has 0 aliphatic carbocycles. The molecular weight excluding hydrogens is 300 g/mol. The van der Waals surface area contributed by atoms with E-state index in [4.69, 9.17) is 5.73 Å². The Bertz CT molecular complexity index is 712. The molecule has 0 saturated carbocycles. The van der Waals surface area contributed by atoms with Gasteiger partial charge in [0.1, 0.15) is 5.82 Å². The van der Waals surface area contributed by atoms with Crippen molar-refractivity contribution in [3.8, 4) is 0 Å². The molecule has 6 nitrogen and oxygen atoms in total. The topological polar surface area (TPSA) is 101 Å². The second-order valence-corrected chi connectivity index (χ2v) is 6.04. The number of rotatable bonds is 5. The van der Waals surface area contributed by atoms with Crippen LogP contribution in [0.1, 0.15) is 18.9 Å². The molecule has 0 aliphatic rings. The number of nitrogen functional groups attached to an aromatic ring is 1. The molecule has 1 aromatic heterocycles. The fraction of sp³-hybridized carbons (Fsp3) is 0.267. The Morgan fingerprint density at radius 2 is 2.09 bits per heavy atom. The van der Waals surface area contributed by atoms with Crippen LogP contribution in [-0.4, -0.2) is 21.1 Å². The number of amides is 1. The Morgan fingerprint density at radius 1 is 1.41 bits per heavy atom. The first kappa shape index (κ1) is 16.1. The molecule has 0 aliphatic heterocycles. The van der Waals surface area contributed by atoms with Gasteiger partial charge in [0, 0.05) is 11.8 Å². The molecule has 7 heteroatoms. The Morgan fingerprint density at radius 3 is 2.68 bits per heavy atom. The van der Waals surface area contributed by atoms with Gasteiger partial charge in [-0.15, -0.1) is 0 Å². The highest BCUT2D eigenvalue weighted by Crippen LogP contribution is 2.23. The van der Waals surface area contributed by atoms with Gasteiger partial charge in [-0.1, -0.05) is 36.4 Å². The van der Waals surface area contributed by atoms with Crippen molar-refractivity contribution in [3.63, 3.8) is 0 Å². The molecular formula is C15H18N4O2S. The molecule has 0 spiro atoms. The highest BCUT2D eigenvalue weighted by molar-refractivity contribution is 8.00. The minimum absolute atomic E-state index is 0.138. The maximum atomic E-state index is 12.3. The minimum atomic E-state index is -0.369. The van der Waals surface area contributed by atoms with E-state index in [1.54, 1.807) is 0 Å². The lowest BCUT2D eigenvalue weighted by Gasteiger charge is -2.14. The van der Waals surface area contributed by atoms with Crippen LogP contribution >= 0.6 is 11.8 Å². The van der Waals surface area contributed by atoms with Crippen LogP contribution in [0, 0.1) is 6.92 Å². The number of carbonyl (C=O) groups excluding carboxylic acids is 1. The van der Waals surface area contributed by atoms with Gasteiger partial charge in [0.15, 0.2) is 5.16 Å². The van der Waals surface area contributed by atoms with Crippen LogP contribution in [0.2, 0.25) is 0 Å². The summed E-state index contributed by atoms with van der Waals surface area (Å²) in [5.74, 6) is 0.00136. The molecule has 4 N–H and O–H groups in total. The number of anilines is 2. The summed E-state index contributed by atoms with van der Waals surface area (Å²) in [7, 11) is 0. The molecule has 0 bridgehead atoms. The van der Waals surface area contributed by atoms with Gasteiger partial charge in [0.25, 0.3) is 5.56 Å². The van der Waals surface area contributed by atoms with Gasteiger partial charge in [-0.05, 0) is 25.5 Å². The third-order valence-electron chi connectivity index (χ3n) is 2.98. The minimum Gasteiger partial charge on any atom is -0.383 e. The molecule has 0 saturated heterocycles. The Labute approximate surface area is 132 Å². The van der Waals surface area contributed by atoms with Crippen molar-refractivity contribution < 1.29 is 4.79 Å². The molecule has 1 amide bonds. The third-order valence-corrected chi connectivity index (χ3v) is 4.22. The Balaban J connectivity index is 2.08. The van der Waals surface area contributed by atoms with Crippen molar-refractivity contribution in [1.82, 2.24) is 9.97 Å². The first-order valence-corrected chi connectivity index (χ1v) is 7.77. The second-order valence-electron chi connectivity index (χ2n) is 4.85. The zero-order chi connectivity index (χ0) is 16.1. The van der Waals surface area contributed by atoms with Crippen molar-refractivity contribution in [3.05, 3.63) is 46.2 Å². The van der Waals surface area contributed by atoms with Gasteiger partial charge < -0.3 is 16.0 Å². The summed E-state index contributed by atoms with van der Waals surface area (Å²) in [5.41, 5.74) is 7.08. The number of hydrogen-bond acceptors (Lipinski definition) is 5. The third kappa shape index (κ3) is 4.36. The van der Waals surface area contributed by atoms with Crippen LogP contribution in [0.15, 0.2) is 40.3 Å². The first-order valence-electron chi connectivity index (χ1n) is 6.89. The average Bonchev–Trinajstić information content (AvgIpc) is 2.46. The Kier molecular flexibility index (Phi) is 5.21. The van der Waals surface area contributed by atoms with E-state index in [1.807, 2.05) is 38.1 Å². The van der Waals surface area contributed by atoms with Gasteiger partial charge in [-0.2, -0.15) is 0 Å². The summed E-state index contributed by atoms with van der Waals surface area (Å²) in [6.07, 6.45) is 0.598. The lowest BCUT2D eigenvalue weighted by molar-refractivity contribution is -0.115. The van der Waals surface area contributed by atoms with Crippen LogP contribution in [0.4, 0.5) is 11.5 Å². The zero-order valence-electron chi connectivity index (χ0n) is 12.4. The number of aromatic nitrogens is 2. The number of benzene rings is 1. The van der Waals surface area contributed by atoms with Gasteiger partial charge in [0.2, 0.25) is 5.91 Å². The highest BCUT2D eigenvalue weighted by Gasteiger charge is 2.19. The van der Waals surface area contributed by atoms with Crippen LogP contribution in [-0.2, 0) is 4.79 Å². The van der Waals surface area contributed by atoms with Gasteiger partial charge >= 0.3 is 0 Å². The quantitative estimate of drug-likeness (QED) is 0.579. The lowest BCUT2D eigenvalue weighted by atomic mass is 10.2. The molecule has 1 heterocycles. The Hall–Kier alpha value is -2.28. The number of H-pyrrole nitrogens is 1. The zero-order valence-corrected chi connectivity index (χ0v) is 13.2. The normalized spacial score (nSPS) is 11.9. The fourth-order valence-electron chi connectivity index (χ4n) is 1.83. The average molecular weight is 318 g/mol. The summed E-state index contributed by atoms with van der Waals surface area (Å²) in [6, 6.07) is 8.77. The molecule has 0 fully saturated rings. The van der Waals surface area contributed by atoms with Crippen molar-refractivity contribution in [2.45, 2.75) is 30.7 Å². The van der Waals surface area contributed by atoms with Crippen LogP contribution in [0.3, 0.4) is 0 Å². The maximum absolute atomic E-state index is 12.3. The largest absolute Gasteiger partial charge is 0.383 e. The predicted molar refractivity (Wildman–Crippen MR) is 89.0 cm³/mol. The van der Waals surface area contributed by atoms with E-state index in [0.717, 1.165) is 11.3 Å². The SMILES string of the molecule is CCC(Sc1nc(N)cc(=O)[nH]1)C(=O)Nc1ccc(C)cc1. The number of aromatic amines is 1. The molecule has 1 atom stereocenters. The molecule has 22 heavy (non-hydrogen) atoms. The molecule has 2 rings (SSSR count). The molecule has 1 unspecified atom stereocenters. The number of nitrogens with one attached hydrogen (secondary N) is 2. The van der Waals surface area contributed by atoms with E-state index in [2.05, 4.69) is 15.3 Å². The van der Waals surface area contributed by atoms with Crippen molar-refractivity contribution in [1.29, 1.82) is 0 Å². The van der Waals surface area contributed by atoms with E-state index in [1.165, 1.54) is 17.8 Å². The predicted octanol–water partition coefficient (Wildman–Crippen LogP) is 2.17. The number of carbonyl (C=O) groups is 1. The van der Waals surface area contributed by atoms with Crippen LogP contribution < -0.4 is 16.6 Å². The number of aryl methyl sites for hydroxylation is 1. The molecule has 1 aromatic carbocycles. The smallest absolute Gasteiger partial charge is 0.253 e. The van der Waals surface area contributed by atoms with Crippen molar-refractivity contribution >= 4 is 29.2 Å². The van der Waals surface area contributed by atoms with Gasteiger partial charge in [-0.3, -0.25) is 9.59 Å². The summed E-state index contributed by atoms with van der Waals surface area (Å²) >= 11 is 1.19. The second kappa shape index (κ2) is 7.13. The maximum Gasteiger partial charge on any atom is 0.253 e. The van der Waals surface area contributed by atoms with E-state index in [-0.39, 0.29) is 22.5 Å². The summed E-state index contributed by atoms with van der Waals surface area (Å²) in [5, 5.41) is 2.83. The monoisotopic (exact) mass is 318 g/mol. The van der Waals surface area contributed by atoms with Crippen molar-refractivity contribution in [2.75, 3.05) is 11.1 Å². The van der Waals surface area contributed by atoms with E-state index in [9.17, 15) is 9.59 Å². The van der Waals surface area contributed by atoms with Crippen molar-refractivity contribution in [2.24, 2.45) is 0 Å². The van der Waals surface area contributed by atoms with Gasteiger partial charge in [0.05, 0.1) is 5.25 Å². The summed E-state index contributed by atoms with van der Waals surface area (Å²) in [6.45, 7) is 3.88. The molecule has 0 radical (unpaired) electrons. The molecule has 116 valence electrons. The van der Waals surface area contributed by atoms with E-state index < -0.39 is 0 Å². The number of nitrogens with zero attached hydrogens (tertiary/aromatic N) is 1. The summed E-state index contributed by atoms with van der Waals surface area (Å²) in [4.78, 5) is 30.3. The lowest BCUT2D eigenvalue weighted by Crippen LogP contribution is -2.25. The fourth-order valence-corrected chi connectivity index (χ4v) is 2.75. The number of nitrogens with two attached hydrogens (primary N) is 1. The standard InChI is InChI=1S/C15H18N4O2S/c1-3-11(22-15-18-12(16)8-13(20)19-15)14(21)17-10-6-4-9(2)5-7-10/h4-8,11H,3H2,1-2H3,(H,17,21)(H3,16,18,19,20). The van der Waals surface area contributed by atoms with E-state index >= 15 is 0 Å². The summed E-state index contributed by atoms with van der Waals surface area (Å²) < 4.78 is 0. The van der Waals surface area contributed by atoms with E-state index in [0.29, 0.717) is 11.6 Å². The number of thioether (sulfide) groups is 1. The number of hydrogen-bond donors (Lipinski definition) is 3. The molecule has 2 aromatic rings. The van der Waals surface area contributed by atoms with Gasteiger partial charge in [-0.25, -0.2) is 4.98 Å². The van der Waals surface area contributed by atoms with Crippen LogP contribution in [0.25, 0.3) is 0 Å².